The number of ether oxygens (including phenoxy) is 1. The lowest BCUT2D eigenvalue weighted by molar-refractivity contribution is -0.384. The lowest BCUT2D eigenvalue weighted by Crippen LogP contribution is -2.38. The van der Waals surface area contributed by atoms with Crippen LogP contribution in [0.25, 0.3) is 0 Å². The Morgan fingerprint density at radius 1 is 1.09 bits per heavy atom. The Hall–Kier alpha value is -2.97. The minimum atomic E-state index is -0.388. The molecule has 0 saturated carbocycles. The summed E-state index contributed by atoms with van der Waals surface area (Å²) in [6.45, 7) is 8.56. The molecule has 0 unspecified atom stereocenters. The van der Waals surface area contributed by atoms with Crippen molar-refractivity contribution in [1.29, 1.82) is 0 Å². The fourth-order valence-electron chi connectivity index (χ4n) is 3.51. The number of nitro benzene ring substituents is 1. The van der Waals surface area contributed by atoms with Gasteiger partial charge in [0.05, 0.1) is 24.7 Å². The quantitative estimate of drug-likeness (QED) is 0.194. The van der Waals surface area contributed by atoms with Gasteiger partial charge in [-0.1, -0.05) is 49.7 Å². The van der Waals surface area contributed by atoms with Gasteiger partial charge < -0.3 is 15.4 Å². The van der Waals surface area contributed by atoms with Crippen LogP contribution in [0, 0.1) is 10.1 Å². The minimum Gasteiger partial charge on any atom is -0.379 e. The molecule has 0 radical (unpaired) electrons. The van der Waals surface area contributed by atoms with Gasteiger partial charge in [-0.3, -0.25) is 15.0 Å². The van der Waals surface area contributed by atoms with Crippen molar-refractivity contribution >= 4 is 11.6 Å². The normalized spacial score (nSPS) is 14.8. The number of benzene rings is 2. The van der Waals surface area contributed by atoms with E-state index in [0.717, 1.165) is 63.8 Å². The molecular weight excluding hydrogens is 406 g/mol. The summed E-state index contributed by atoms with van der Waals surface area (Å²) in [5, 5.41) is 17.7. The number of unbranched alkanes of at least 4 members (excludes halogenated alkanes) is 1. The lowest BCUT2D eigenvalue weighted by Gasteiger charge is -2.27. The molecule has 2 N–H and O–H groups in total. The van der Waals surface area contributed by atoms with E-state index in [9.17, 15) is 10.1 Å². The average molecular weight is 440 g/mol. The van der Waals surface area contributed by atoms with Crippen molar-refractivity contribution in [1.82, 2.24) is 15.5 Å². The van der Waals surface area contributed by atoms with Gasteiger partial charge in [-0.25, -0.2) is 4.99 Å². The number of hydrogen-bond donors (Lipinski definition) is 2. The number of rotatable bonds is 10. The minimum absolute atomic E-state index is 0.0917. The van der Waals surface area contributed by atoms with Crippen LogP contribution in [0.4, 0.5) is 5.69 Å². The van der Waals surface area contributed by atoms with Crippen molar-refractivity contribution in [2.75, 3.05) is 32.8 Å². The largest absolute Gasteiger partial charge is 0.379 e. The Kier molecular flexibility index (Phi) is 9.46. The van der Waals surface area contributed by atoms with Gasteiger partial charge in [0.2, 0.25) is 0 Å². The van der Waals surface area contributed by atoms with Crippen molar-refractivity contribution in [3.63, 3.8) is 0 Å². The zero-order valence-electron chi connectivity index (χ0n) is 18.8. The van der Waals surface area contributed by atoms with Gasteiger partial charge in [0.1, 0.15) is 0 Å². The summed E-state index contributed by atoms with van der Waals surface area (Å²) in [7, 11) is 0. The van der Waals surface area contributed by atoms with Crippen molar-refractivity contribution < 1.29 is 9.66 Å². The summed E-state index contributed by atoms with van der Waals surface area (Å²) in [5.41, 5.74) is 3.58. The topological polar surface area (TPSA) is 92.0 Å². The number of hydrogen-bond acceptors (Lipinski definition) is 5. The van der Waals surface area contributed by atoms with Gasteiger partial charge in [0, 0.05) is 44.9 Å². The SMILES string of the molecule is CCCCNC(=NCc1ccc([N+](=O)[O-])cc1)NCc1ccccc1CN1CCOCC1. The summed E-state index contributed by atoms with van der Waals surface area (Å²) in [5.74, 6) is 0.748. The predicted octanol–water partition coefficient (Wildman–Crippen LogP) is 3.46. The first-order chi connectivity index (χ1) is 15.7. The Bertz CT molecular complexity index is 879. The van der Waals surface area contributed by atoms with Crippen LogP contribution in [0.15, 0.2) is 53.5 Å². The lowest BCUT2D eigenvalue weighted by atomic mass is 10.1. The van der Waals surface area contributed by atoms with Crippen LogP contribution in [0.1, 0.15) is 36.5 Å². The van der Waals surface area contributed by atoms with Crippen molar-refractivity contribution in [2.24, 2.45) is 4.99 Å². The van der Waals surface area contributed by atoms with Crippen LogP contribution in [-0.2, 0) is 24.4 Å². The van der Waals surface area contributed by atoms with Crippen LogP contribution >= 0.6 is 0 Å². The van der Waals surface area contributed by atoms with Gasteiger partial charge >= 0.3 is 0 Å². The molecule has 0 bridgehead atoms. The predicted molar refractivity (Wildman–Crippen MR) is 127 cm³/mol. The fraction of sp³-hybridized carbons (Fsp3) is 0.458. The van der Waals surface area contributed by atoms with E-state index in [0.29, 0.717) is 13.1 Å². The number of guanidine groups is 1. The number of aliphatic imine (C=N–C) groups is 1. The third kappa shape index (κ3) is 7.62. The van der Waals surface area contributed by atoms with Crippen LogP contribution in [0.5, 0.6) is 0 Å². The molecule has 1 fully saturated rings. The third-order valence-corrected chi connectivity index (χ3v) is 5.45. The Morgan fingerprint density at radius 2 is 1.81 bits per heavy atom. The van der Waals surface area contributed by atoms with Crippen LogP contribution in [0.2, 0.25) is 0 Å². The molecule has 1 heterocycles. The molecule has 2 aromatic carbocycles. The van der Waals surface area contributed by atoms with Crippen LogP contribution < -0.4 is 10.6 Å². The molecule has 0 aromatic heterocycles. The molecule has 8 nitrogen and oxygen atoms in total. The zero-order chi connectivity index (χ0) is 22.6. The van der Waals surface area contributed by atoms with Crippen LogP contribution in [-0.4, -0.2) is 48.6 Å². The molecule has 1 aliphatic rings. The molecule has 0 spiro atoms. The van der Waals surface area contributed by atoms with Crippen molar-refractivity contribution in [2.45, 2.75) is 39.4 Å². The molecular formula is C24H33N5O3. The van der Waals surface area contributed by atoms with Gasteiger partial charge in [-0.15, -0.1) is 0 Å². The molecule has 1 saturated heterocycles. The zero-order valence-corrected chi connectivity index (χ0v) is 18.8. The number of morpholine rings is 1. The Balaban J connectivity index is 1.63. The van der Waals surface area contributed by atoms with Gasteiger partial charge in [-0.2, -0.15) is 0 Å². The maximum atomic E-state index is 10.8. The summed E-state index contributed by atoms with van der Waals surface area (Å²) in [6.07, 6.45) is 2.16. The maximum Gasteiger partial charge on any atom is 0.269 e. The first-order valence-electron chi connectivity index (χ1n) is 11.3. The monoisotopic (exact) mass is 439 g/mol. The number of nitrogens with zero attached hydrogens (tertiary/aromatic N) is 3. The van der Waals surface area contributed by atoms with Crippen molar-refractivity contribution in [3.05, 3.63) is 75.3 Å². The summed E-state index contributed by atoms with van der Waals surface area (Å²) in [6, 6.07) is 15.0. The Labute approximate surface area is 189 Å². The second kappa shape index (κ2) is 12.8. The molecule has 32 heavy (non-hydrogen) atoms. The maximum absolute atomic E-state index is 10.8. The molecule has 1 aliphatic heterocycles. The average Bonchev–Trinajstić information content (AvgIpc) is 2.82. The Morgan fingerprint density at radius 3 is 2.50 bits per heavy atom. The van der Waals surface area contributed by atoms with Gasteiger partial charge in [0.15, 0.2) is 5.96 Å². The second-order valence-electron chi connectivity index (χ2n) is 7.88. The number of nitrogens with one attached hydrogen (secondary N) is 2. The van der Waals surface area contributed by atoms with E-state index in [1.54, 1.807) is 12.1 Å². The van der Waals surface area contributed by atoms with E-state index in [1.165, 1.54) is 23.3 Å². The molecule has 2 aromatic rings. The molecule has 0 aliphatic carbocycles. The standard InChI is InChI=1S/C24H33N5O3/c1-2-3-12-25-24(26-17-20-8-10-23(11-9-20)29(30)31)27-18-21-6-4-5-7-22(21)19-28-13-15-32-16-14-28/h4-11H,2-3,12-19H2,1H3,(H2,25,26,27). The highest BCUT2D eigenvalue weighted by Gasteiger charge is 2.13. The second-order valence-corrected chi connectivity index (χ2v) is 7.88. The van der Waals surface area contributed by atoms with E-state index in [1.807, 2.05) is 0 Å². The molecule has 172 valence electrons. The summed E-state index contributed by atoms with van der Waals surface area (Å²) >= 11 is 0. The highest BCUT2D eigenvalue weighted by molar-refractivity contribution is 5.79. The van der Waals surface area contributed by atoms with Crippen molar-refractivity contribution in [3.8, 4) is 0 Å². The number of nitro groups is 1. The van der Waals surface area contributed by atoms with E-state index in [2.05, 4.69) is 46.7 Å². The van der Waals surface area contributed by atoms with E-state index >= 15 is 0 Å². The summed E-state index contributed by atoms with van der Waals surface area (Å²) < 4.78 is 5.46. The summed E-state index contributed by atoms with van der Waals surface area (Å²) in [4.78, 5) is 17.6. The fourth-order valence-corrected chi connectivity index (χ4v) is 3.51. The van der Waals surface area contributed by atoms with Gasteiger partial charge in [0.25, 0.3) is 5.69 Å². The molecule has 3 rings (SSSR count). The third-order valence-electron chi connectivity index (χ3n) is 5.45. The molecule has 8 heteroatoms. The molecule has 0 amide bonds. The number of non-ortho nitro benzene ring substituents is 1. The first kappa shape index (κ1) is 23.7. The highest BCUT2D eigenvalue weighted by atomic mass is 16.6. The van der Waals surface area contributed by atoms with E-state index < -0.39 is 0 Å². The van der Waals surface area contributed by atoms with Gasteiger partial charge in [-0.05, 0) is 23.1 Å². The molecule has 0 atom stereocenters. The van der Waals surface area contributed by atoms with E-state index in [-0.39, 0.29) is 10.6 Å². The first-order valence-corrected chi connectivity index (χ1v) is 11.3. The van der Waals surface area contributed by atoms with Crippen LogP contribution in [0.3, 0.4) is 0 Å². The van der Waals surface area contributed by atoms with E-state index in [4.69, 9.17) is 9.73 Å². The smallest absolute Gasteiger partial charge is 0.269 e. The highest BCUT2D eigenvalue weighted by Crippen LogP contribution is 2.14.